The van der Waals surface area contributed by atoms with Crippen molar-refractivity contribution in [3.05, 3.63) is 35.4 Å². The van der Waals surface area contributed by atoms with Gasteiger partial charge in [-0.2, -0.15) is 0 Å². The predicted octanol–water partition coefficient (Wildman–Crippen LogP) is 4.45. The minimum Gasteiger partial charge on any atom is -0.380 e. The number of nitrogens with one attached hydrogen (secondary N) is 1. The number of benzene rings is 1. The van der Waals surface area contributed by atoms with Gasteiger partial charge in [0.15, 0.2) is 0 Å². The van der Waals surface area contributed by atoms with Crippen LogP contribution in [0.4, 0.5) is 0 Å². The lowest BCUT2D eigenvalue weighted by Gasteiger charge is -2.37. The highest BCUT2D eigenvalue weighted by Gasteiger charge is 2.31. The molecule has 1 aromatic carbocycles. The molecular weight excluding hydrogens is 258 g/mol. The Kier molecular flexibility index (Phi) is 5.83. The number of fused-ring (bicyclic) bond motifs is 1. The second-order valence-electron chi connectivity index (χ2n) is 7.31. The van der Waals surface area contributed by atoms with Crippen LogP contribution in [0.5, 0.6) is 0 Å². The lowest BCUT2D eigenvalue weighted by atomic mass is 9.71. The van der Waals surface area contributed by atoms with Gasteiger partial charge >= 0.3 is 0 Å². The second-order valence-corrected chi connectivity index (χ2v) is 7.31. The molecule has 0 fully saturated rings. The third-order valence-corrected chi connectivity index (χ3v) is 4.60. The molecule has 0 radical (unpaired) electrons. The number of hydrogen-bond donors (Lipinski definition) is 1. The van der Waals surface area contributed by atoms with Crippen LogP contribution in [-0.2, 0) is 10.2 Å². The van der Waals surface area contributed by atoms with E-state index in [0.717, 1.165) is 32.1 Å². The minimum absolute atomic E-state index is 0.308. The zero-order chi connectivity index (χ0) is 15.3. The Morgan fingerprint density at radius 1 is 1.24 bits per heavy atom. The molecule has 0 saturated heterocycles. The van der Waals surface area contributed by atoms with E-state index in [-0.39, 0.29) is 0 Å². The molecule has 21 heavy (non-hydrogen) atoms. The van der Waals surface area contributed by atoms with Gasteiger partial charge in [0.05, 0.1) is 6.61 Å². The van der Waals surface area contributed by atoms with Crippen molar-refractivity contribution in [2.45, 2.75) is 58.4 Å². The molecule has 0 amide bonds. The van der Waals surface area contributed by atoms with E-state index >= 15 is 0 Å². The van der Waals surface area contributed by atoms with Crippen LogP contribution in [0.15, 0.2) is 24.3 Å². The van der Waals surface area contributed by atoms with Gasteiger partial charge in [0.1, 0.15) is 0 Å². The van der Waals surface area contributed by atoms with Crippen molar-refractivity contribution in [2.24, 2.45) is 5.92 Å². The molecule has 0 heterocycles. The van der Waals surface area contributed by atoms with Crippen LogP contribution < -0.4 is 5.32 Å². The van der Waals surface area contributed by atoms with E-state index in [0.29, 0.717) is 11.5 Å². The minimum atomic E-state index is 0.308. The molecule has 0 saturated carbocycles. The fourth-order valence-corrected chi connectivity index (χ4v) is 3.15. The Morgan fingerprint density at radius 2 is 2.00 bits per heavy atom. The summed E-state index contributed by atoms with van der Waals surface area (Å²) >= 11 is 0. The standard InChI is InChI=1S/C19H31NO/c1-15(2)10-13-21-14-12-20-18-9-11-19(3,4)17-8-6-5-7-16(17)18/h5-8,15,18,20H,9-14H2,1-4H3. The Balaban J connectivity index is 1.82. The molecule has 1 aliphatic carbocycles. The molecule has 1 unspecified atom stereocenters. The molecule has 2 nitrogen and oxygen atoms in total. The normalized spacial score (nSPS) is 20.5. The quantitative estimate of drug-likeness (QED) is 0.749. The van der Waals surface area contributed by atoms with Gasteiger partial charge in [-0.1, -0.05) is 52.0 Å². The van der Waals surface area contributed by atoms with Crippen LogP contribution in [-0.4, -0.2) is 19.8 Å². The van der Waals surface area contributed by atoms with E-state index in [1.54, 1.807) is 0 Å². The first-order valence-electron chi connectivity index (χ1n) is 8.41. The van der Waals surface area contributed by atoms with Crippen molar-refractivity contribution >= 4 is 0 Å². The molecule has 0 spiro atoms. The summed E-state index contributed by atoms with van der Waals surface area (Å²) in [6.07, 6.45) is 3.62. The van der Waals surface area contributed by atoms with Crippen LogP contribution in [0.3, 0.4) is 0 Å². The highest BCUT2D eigenvalue weighted by atomic mass is 16.5. The number of ether oxygens (including phenoxy) is 1. The summed E-state index contributed by atoms with van der Waals surface area (Å²) in [4.78, 5) is 0. The third kappa shape index (κ3) is 4.55. The van der Waals surface area contributed by atoms with E-state index in [1.807, 2.05) is 0 Å². The molecule has 2 rings (SSSR count). The lowest BCUT2D eigenvalue weighted by molar-refractivity contribution is 0.122. The SMILES string of the molecule is CC(C)CCOCCNC1CCC(C)(C)c2ccccc21. The summed E-state index contributed by atoms with van der Waals surface area (Å²) in [7, 11) is 0. The molecule has 0 aliphatic heterocycles. The monoisotopic (exact) mass is 289 g/mol. The Morgan fingerprint density at radius 3 is 2.76 bits per heavy atom. The summed E-state index contributed by atoms with van der Waals surface area (Å²) in [5, 5.41) is 3.68. The first-order valence-corrected chi connectivity index (χ1v) is 8.41. The van der Waals surface area contributed by atoms with E-state index in [2.05, 4.69) is 57.3 Å². The van der Waals surface area contributed by atoms with E-state index in [4.69, 9.17) is 4.74 Å². The Hall–Kier alpha value is -0.860. The third-order valence-electron chi connectivity index (χ3n) is 4.60. The predicted molar refractivity (Wildman–Crippen MR) is 89.7 cm³/mol. The Labute approximate surface area is 130 Å². The van der Waals surface area contributed by atoms with Gasteiger partial charge in [-0.15, -0.1) is 0 Å². The van der Waals surface area contributed by atoms with Crippen molar-refractivity contribution in [2.75, 3.05) is 19.8 Å². The summed E-state index contributed by atoms with van der Waals surface area (Å²) < 4.78 is 5.70. The second kappa shape index (κ2) is 7.42. The summed E-state index contributed by atoms with van der Waals surface area (Å²) in [5.41, 5.74) is 3.30. The molecule has 0 aromatic heterocycles. The van der Waals surface area contributed by atoms with Crippen LogP contribution >= 0.6 is 0 Å². The maximum absolute atomic E-state index is 5.70. The van der Waals surface area contributed by atoms with Crippen molar-refractivity contribution in [3.8, 4) is 0 Å². The van der Waals surface area contributed by atoms with E-state index in [1.165, 1.54) is 24.0 Å². The van der Waals surface area contributed by atoms with Gasteiger partial charge in [-0.25, -0.2) is 0 Å². The van der Waals surface area contributed by atoms with Gasteiger partial charge in [-0.3, -0.25) is 0 Å². The molecular formula is C19H31NO. The number of rotatable bonds is 7. The van der Waals surface area contributed by atoms with Gasteiger partial charge in [0.2, 0.25) is 0 Å². The molecule has 2 heteroatoms. The topological polar surface area (TPSA) is 21.3 Å². The highest BCUT2D eigenvalue weighted by Crippen LogP contribution is 2.41. The number of hydrogen-bond acceptors (Lipinski definition) is 2. The smallest absolute Gasteiger partial charge is 0.0591 e. The maximum Gasteiger partial charge on any atom is 0.0591 e. The molecule has 1 aliphatic rings. The first kappa shape index (κ1) is 16.5. The highest BCUT2D eigenvalue weighted by molar-refractivity contribution is 5.38. The van der Waals surface area contributed by atoms with Gasteiger partial charge in [0, 0.05) is 19.2 Å². The molecule has 1 N–H and O–H groups in total. The molecule has 1 atom stereocenters. The van der Waals surface area contributed by atoms with Gasteiger partial charge < -0.3 is 10.1 Å². The fraction of sp³-hybridized carbons (Fsp3) is 0.684. The maximum atomic E-state index is 5.70. The van der Waals surface area contributed by atoms with Gasteiger partial charge in [0.25, 0.3) is 0 Å². The molecule has 0 bridgehead atoms. The van der Waals surface area contributed by atoms with E-state index in [9.17, 15) is 0 Å². The zero-order valence-corrected chi connectivity index (χ0v) is 14.1. The summed E-state index contributed by atoms with van der Waals surface area (Å²) in [6.45, 7) is 11.8. The van der Waals surface area contributed by atoms with Crippen LogP contribution in [0, 0.1) is 5.92 Å². The lowest BCUT2D eigenvalue weighted by Crippen LogP contribution is -2.34. The average Bonchev–Trinajstić information content (AvgIpc) is 2.45. The summed E-state index contributed by atoms with van der Waals surface area (Å²) in [6, 6.07) is 9.39. The average molecular weight is 289 g/mol. The van der Waals surface area contributed by atoms with Crippen LogP contribution in [0.25, 0.3) is 0 Å². The van der Waals surface area contributed by atoms with Crippen molar-refractivity contribution in [1.82, 2.24) is 5.32 Å². The van der Waals surface area contributed by atoms with Crippen LogP contribution in [0.2, 0.25) is 0 Å². The van der Waals surface area contributed by atoms with E-state index < -0.39 is 0 Å². The fourth-order valence-electron chi connectivity index (χ4n) is 3.15. The van der Waals surface area contributed by atoms with Crippen LogP contribution in [0.1, 0.15) is 64.1 Å². The van der Waals surface area contributed by atoms with Crippen molar-refractivity contribution < 1.29 is 4.74 Å². The van der Waals surface area contributed by atoms with Crippen molar-refractivity contribution in [3.63, 3.8) is 0 Å². The largest absolute Gasteiger partial charge is 0.380 e. The first-order chi connectivity index (χ1) is 10.0. The summed E-state index contributed by atoms with van der Waals surface area (Å²) in [5.74, 6) is 0.727. The zero-order valence-electron chi connectivity index (χ0n) is 14.1. The van der Waals surface area contributed by atoms with Crippen molar-refractivity contribution in [1.29, 1.82) is 0 Å². The Bertz CT molecular complexity index is 439. The molecule has 118 valence electrons. The molecule has 1 aromatic rings. The van der Waals surface area contributed by atoms with Gasteiger partial charge in [-0.05, 0) is 41.7 Å².